The van der Waals surface area contributed by atoms with Crippen LogP contribution in [0.15, 0.2) is 12.7 Å². The molecular weight excluding hydrogens is 304 g/mol. The highest BCUT2D eigenvalue weighted by Gasteiger charge is 2.58. The summed E-state index contributed by atoms with van der Waals surface area (Å²) in [6, 6.07) is 0. The summed E-state index contributed by atoms with van der Waals surface area (Å²) in [6.45, 7) is 7.52. The van der Waals surface area contributed by atoms with E-state index in [4.69, 9.17) is 9.47 Å². The Balaban J connectivity index is 1.75. The second kappa shape index (κ2) is 6.89. The normalized spacial score (nSPS) is 37.8. The summed E-state index contributed by atoms with van der Waals surface area (Å²) in [4.78, 5) is 24.3. The van der Waals surface area contributed by atoms with E-state index in [1.807, 2.05) is 6.92 Å². The molecule has 4 aliphatic rings. The molecule has 134 valence electrons. The monoisotopic (exact) mass is 334 g/mol. The van der Waals surface area contributed by atoms with Crippen LogP contribution in [0.1, 0.15) is 65.2 Å². The van der Waals surface area contributed by atoms with Crippen LogP contribution < -0.4 is 0 Å². The van der Waals surface area contributed by atoms with E-state index >= 15 is 0 Å². The zero-order valence-corrected chi connectivity index (χ0v) is 15.0. The Labute approximate surface area is 145 Å². The van der Waals surface area contributed by atoms with Crippen molar-refractivity contribution in [2.45, 2.75) is 76.9 Å². The van der Waals surface area contributed by atoms with Crippen LogP contribution >= 0.6 is 0 Å². The fourth-order valence-corrected chi connectivity index (χ4v) is 5.73. The lowest BCUT2D eigenvalue weighted by Crippen LogP contribution is -2.60. The quantitative estimate of drug-likeness (QED) is 0.521. The van der Waals surface area contributed by atoms with Crippen LogP contribution in [0.3, 0.4) is 0 Å². The summed E-state index contributed by atoms with van der Waals surface area (Å²) in [6.07, 6.45) is 8.57. The highest BCUT2D eigenvalue weighted by atomic mass is 16.6. The zero-order chi connectivity index (χ0) is 17.3. The first-order valence-corrected chi connectivity index (χ1v) is 9.58. The van der Waals surface area contributed by atoms with Gasteiger partial charge in [0, 0.05) is 6.08 Å². The molecule has 4 rings (SSSR count). The van der Waals surface area contributed by atoms with Gasteiger partial charge in [0.25, 0.3) is 0 Å². The maximum atomic E-state index is 12.8. The molecule has 4 nitrogen and oxygen atoms in total. The minimum atomic E-state index is -0.805. The van der Waals surface area contributed by atoms with Crippen LogP contribution in [-0.4, -0.2) is 23.6 Å². The van der Waals surface area contributed by atoms with Gasteiger partial charge >= 0.3 is 11.9 Å². The van der Waals surface area contributed by atoms with Crippen LogP contribution in [0.2, 0.25) is 0 Å². The van der Waals surface area contributed by atoms with Crippen molar-refractivity contribution in [2.75, 3.05) is 0 Å². The standard InChI is InChI=1S/C20H30O4/c1-4-7-17(23-18(21)5-2)19(22)24-20(6-3)15-9-13-8-14(11-15)12-16(20)10-13/h5,13-17H,2,4,6-12H2,1,3H3. The van der Waals surface area contributed by atoms with Gasteiger partial charge in [0.2, 0.25) is 0 Å². The summed E-state index contributed by atoms with van der Waals surface area (Å²) >= 11 is 0. The summed E-state index contributed by atoms with van der Waals surface area (Å²) < 4.78 is 11.4. The van der Waals surface area contributed by atoms with E-state index in [0.29, 0.717) is 18.3 Å². The third kappa shape index (κ3) is 3.00. The molecule has 1 unspecified atom stereocenters. The van der Waals surface area contributed by atoms with Gasteiger partial charge in [-0.3, -0.25) is 0 Å². The molecule has 1 atom stereocenters. The molecular formula is C20H30O4. The Hall–Kier alpha value is -1.32. The van der Waals surface area contributed by atoms with E-state index in [-0.39, 0.29) is 11.6 Å². The van der Waals surface area contributed by atoms with Crippen molar-refractivity contribution in [2.24, 2.45) is 23.7 Å². The Morgan fingerprint density at radius 3 is 2.17 bits per heavy atom. The maximum Gasteiger partial charge on any atom is 0.348 e. The molecule has 0 aromatic rings. The van der Waals surface area contributed by atoms with Gasteiger partial charge in [0.15, 0.2) is 6.10 Å². The minimum absolute atomic E-state index is 0.336. The average Bonchev–Trinajstić information content (AvgIpc) is 2.57. The number of hydrogen-bond donors (Lipinski definition) is 0. The van der Waals surface area contributed by atoms with Crippen molar-refractivity contribution in [3.8, 4) is 0 Å². The lowest BCUT2D eigenvalue weighted by molar-refractivity contribution is -0.219. The second-order valence-corrected chi connectivity index (χ2v) is 7.95. The van der Waals surface area contributed by atoms with Crippen molar-refractivity contribution in [3.63, 3.8) is 0 Å². The minimum Gasteiger partial charge on any atom is -0.456 e. The molecule has 0 heterocycles. The van der Waals surface area contributed by atoms with Gasteiger partial charge in [-0.25, -0.2) is 9.59 Å². The van der Waals surface area contributed by atoms with Crippen LogP contribution in [0, 0.1) is 23.7 Å². The number of hydrogen-bond acceptors (Lipinski definition) is 4. The summed E-state index contributed by atoms with van der Waals surface area (Å²) in [7, 11) is 0. The van der Waals surface area contributed by atoms with Crippen molar-refractivity contribution in [3.05, 3.63) is 12.7 Å². The summed E-state index contributed by atoms with van der Waals surface area (Å²) in [5.41, 5.74) is -0.336. The number of carbonyl (C=O) groups is 2. The van der Waals surface area contributed by atoms with E-state index in [1.165, 1.54) is 32.1 Å². The first-order chi connectivity index (χ1) is 11.5. The first-order valence-electron chi connectivity index (χ1n) is 9.58. The molecule has 4 aliphatic carbocycles. The third-order valence-corrected chi connectivity index (χ3v) is 6.60. The molecule has 0 aromatic heterocycles. The Bertz CT molecular complexity index is 482. The fraction of sp³-hybridized carbons (Fsp3) is 0.800. The average molecular weight is 334 g/mol. The Morgan fingerprint density at radius 1 is 1.12 bits per heavy atom. The molecule has 0 aliphatic heterocycles. The predicted molar refractivity (Wildman–Crippen MR) is 91.1 cm³/mol. The summed E-state index contributed by atoms with van der Waals surface area (Å²) in [5, 5.41) is 0. The van der Waals surface area contributed by atoms with Crippen molar-refractivity contribution in [1.29, 1.82) is 0 Å². The molecule has 0 spiro atoms. The molecule has 0 radical (unpaired) electrons. The molecule has 4 fully saturated rings. The van der Waals surface area contributed by atoms with E-state index < -0.39 is 12.1 Å². The molecule has 24 heavy (non-hydrogen) atoms. The number of carbonyl (C=O) groups excluding carboxylic acids is 2. The van der Waals surface area contributed by atoms with Gasteiger partial charge in [-0.15, -0.1) is 0 Å². The topological polar surface area (TPSA) is 52.6 Å². The first kappa shape index (κ1) is 17.5. The smallest absolute Gasteiger partial charge is 0.348 e. The number of esters is 2. The zero-order valence-electron chi connectivity index (χ0n) is 15.0. The Morgan fingerprint density at radius 2 is 1.71 bits per heavy atom. The highest BCUT2D eigenvalue weighted by Crippen LogP contribution is 2.60. The fourth-order valence-electron chi connectivity index (χ4n) is 5.73. The van der Waals surface area contributed by atoms with Gasteiger partial charge in [-0.2, -0.15) is 0 Å². The molecule has 0 saturated heterocycles. The maximum absolute atomic E-state index is 12.8. The molecule has 4 heteroatoms. The summed E-state index contributed by atoms with van der Waals surface area (Å²) in [5.74, 6) is 1.72. The van der Waals surface area contributed by atoms with E-state index in [9.17, 15) is 9.59 Å². The highest BCUT2D eigenvalue weighted by molar-refractivity contribution is 5.85. The number of ether oxygens (including phenoxy) is 2. The van der Waals surface area contributed by atoms with Crippen LogP contribution in [0.25, 0.3) is 0 Å². The molecule has 4 bridgehead atoms. The SMILES string of the molecule is C=CC(=O)OC(CCC)C(=O)OC1(CC)C2CC3CC(C2)CC1C3. The van der Waals surface area contributed by atoms with Crippen LogP contribution in [-0.2, 0) is 19.1 Å². The van der Waals surface area contributed by atoms with Crippen molar-refractivity contribution >= 4 is 11.9 Å². The van der Waals surface area contributed by atoms with Gasteiger partial charge < -0.3 is 9.47 Å². The van der Waals surface area contributed by atoms with Gasteiger partial charge in [-0.05, 0) is 68.6 Å². The van der Waals surface area contributed by atoms with Gasteiger partial charge in [0.05, 0.1) is 0 Å². The largest absolute Gasteiger partial charge is 0.456 e. The van der Waals surface area contributed by atoms with Crippen molar-refractivity contribution in [1.82, 2.24) is 0 Å². The Kier molecular flexibility index (Phi) is 5.03. The second-order valence-electron chi connectivity index (χ2n) is 7.95. The van der Waals surface area contributed by atoms with Gasteiger partial charge in [0.1, 0.15) is 5.60 Å². The van der Waals surface area contributed by atoms with E-state index in [2.05, 4.69) is 13.5 Å². The molecule has 0 amide bonds. The lowest BCUT2D eigenvalue weighted by Gasteiger charge is -2.60. The van der Waals surface area contributed by atoms with Crippen molar-refractivity contribution < 1.29 is 19.1 Å². The number of rotatable bonds is 7. The molecule has 0 N–H and O–H groups in total. The van der Waals surface area contributed by atoms with E-state index in [1.54, 1.807) is 0 Å². The third-order valence-electron chi connectivity index (χ3n) is 6.60. The molecule has 0 aromatic carbocycles. The predicted octanol–water partition coefficient (Wildman–Crippen LogP) is 4.03. The van der Waals surface area contributed by atoms with Crippen LogP contribution in [0.5, 0.6) is 0 Å². The van der Waals surface area contributed by atoms with E-state index in [0.717, 1.165) is 30.8 Å². The molecule has 4 saturated carbocycles. The van der Waals surface area contributed by atoms with Crippen LogP contribution in [0.4, 0.5) is 0 Å². The van der Waals surface area contributed by atoms with Gasteiger partial charge in [-0.1, -0.05) is 26.8 Å². The lowest BCUT2D eigenvalue weighted by atomic mass is 9.49.